The van der Waals surface area contributed by atoms with Crippen molar-refractivity contribution in [3.63, 3.8) is 0 Å². The highest BCUT2D eigenvalue weighted by Gasteiger charge is 2.35. The largest absolute Gasteiger partial charge is 0.459 e. The van der Waals surface area contributed by atoms with Crippen molar-refractivity contribution in [1.82, 2.24) is 0 Å². The molecular formula is C14H22O3Si. The number of hydrogen-bond acceptors (Lipinski definition) is 3. The van der Waals surface area contributed by atoms with Gasteiger partial charge in [-0.3, -0.25) is 0 Å². The number of carbonyl (C=O) groups excluding carboxylic acids is 1. The van der Waals surface area contributed by atoms with Gasteiger partial charge in [0.05, 0.1) is 0 Å². The normalized spacial score (nSPS) is 12.3. The Labute approximate surface area is 110 Å². The van der Waals surface area contributed by atoms with Gasteiger partial charge in [0, 0.05) is 0 Å². The van der Waals surface area contributed by atoms with Crippen molar-refractivity contribution < 1.29 is 14.0 Å². The predicted octanol–water partition coefficient (Wildman–Crippen LogP) is 3.36. The van der Waals surface area contributed by atoms with Crippen LogP contribution in [-0.4, -0.2) is 19.9 Å². The molecule has 3 nitrogen and oxygen atoms in total. The van der Waals surface area contributed by atoms with Gasteiger partial charge < -0.3 is 9.16 Å². The Morgan fingerprint density at radius 1 is 1.17 bits per heavy atom. The molecule has 0 radical (unpaired) electrons. The third-order valence-electron chi connectivity index (χ3n) is 2.27. The molecule has 0 N–H and O–H groups in total. The lowest BCUT2D eigenvalue weighted by Crippen LogP contribution is -2.45. The van der Waals surface area contributed by atoms with Crippen molar-refractivity contribution in [2.75, 3.05) is 0 Å². The topological polar surface area (TPSA) is 35.5 Å². The summed E-state index contributed by atoms with van der Waals surface area (Å²) in [5.41, 5.74) is 0.105. The molecule has 0 bridgehead atoms. The smallest absolute Gasteiger partial charge is 0.336 e. The maximum absolute atomic E-state index is 12.0. The van der Waals surface area contributed by atoms with E-state index in [0.717, 1.165) is 5.56 Å². The summed E-state index contributed by atoms with van der Waals surface area (Å²) in [5.74, 6) is -0.311. The van der Waals surface area contributed by atoms with Gasteiger partial charge in [-0.25, -0.2) is 4.79 Å². The first-order valence-corrected chi connectivity index (χ1v) is 9.53. The van der Waals surface area contributed by atoms with Gasteiger partial charge in [0.15, 0.2) is 8.32 Å². The number of hydrogen-bond donors (Lipinski definition) is 0. The summed E-state index contributed by atoms with van der Waals surface area (Å²) in [4.78, 5) is 12.0. The van der Waals surface area contributed by atoms with Gasteiger partial charge in [0.25, 0.3) is 0 Å². The molecule has 0 unspecified atom stereocenters. The van der Waals surface area contributed by atoms with Gasteiger partial charge >= 0.3 is 5.97 Å². The van der Waals surface area contributed by atoms with E-state index in [1.54, 1.807) is 13.8 Å². The molecule has 0 aliphatic rings. The summed E-state index contributed by atoms with van der Waals surface area (Å²) in [6, 6.07) is 9.64. The Kier molecular flexibility index (Phi) is 4.70. The van der Waals surface area contributed by atoms with Gasteiger partial charge in [0.1, 0.15) is 12.2 Å². The average Bonchev–Trinajstić information content (AvgIpc) is 2.24. The van der Waals surface area contributed by atoms with E-state index < -0.39 is 13.9 Å². The Hall–Kier alpha value is -1.13. The lowest BCUT2D eigenvalue weighted by atomic mass is 10.1. The molecule has 100 valence electrons. The minimum absolute atomic E-state index is 0.290. The number of benzene rings is 1. The fourth-order valence-corrected chi connectivity index (χ4v) is 3.32. The van der Waals surface area contributed by atoms with Crippen molar-refractivity contribution >= 4 is 14.3 Å². The van der Waals surface area contributed by atoms with E-state index in [1.165, 1.54) is 0 Å². The van der Waals surface area contributed by atoms with E-state index in [-0.39, 0.29) is 12.6 Å². The van der Waals surface area contributed by atoms with E-state index in [9.17, 15) is 4.79 Å². The molecule has 1 aromatic rings. The molecule has 0 aliphatic carbocycles. The number of rotatable bonds is 5. The van der Waals surface area contributed by atoms with Crippen LogP contribution in [0.1, 0.15) is 19.4 Å². The fourth-order valence-electron chi connectivity index (χ4n) is 1.70. The number of ether oxygens (including phenoxy) is 1. The van der Waals surface area contributed by atoms with Crippen LogP contribution < -0.4 is 0 Å². The lowest BCUT2D eigenvalue weighted by molar-refractivity contribution is -0.161. The zero-order valence-corrected chi connectivity index (χ0v) is 12.8. The zero-order valence-electron chi connectivity index (χ0n) is 11.8. The maximum Gasteiger partial charge on any atom is 0.336 e. The molecule has 0 saturated carbocycles. The second kappa shape index (κ2) is 5.67. The average molecular weight is 266 g/mol. The molecule has 0 atom stereocenters. The highest BCUT2D eigenvalue weighted by molar-refractivity contribution is 6.70. The Morgan fingerprint density at radius 2 is 1.72 bits per heavy atom. The van der Waals surface area contributed by atoms with Gasteiger partial charge in [-0.2, -0.15) is 0 Å². The molecule has 0 aromatic heterocycles. The minimum Gasteiger partial charge on any atom is -0.459 e. The Bertz CT molecular complexity index is 393. The van der Waals surface area contributed by atoms with Crippen LogP contribution in [0.25, 0.3) is 0 Å². The van der Waals surface area contributed by atoms with E-state index >= 15 is 0 Å². The SMILES string of the molecule is CC(C)(O[Si](C)(C)C)C(=O)OCc1ccccc1. The molecule has 1 rings (SSSR count). The van der Waals surface area contributed by atoms with Crippen molar-refractivity contribution in [1.29, 1.82) is 0 Å². The van der Waals surface area contributed by atoms with Crippen molar-refractivity contribution in [3.05, 3.63) is 35.9 Å². The summed E-state index contributed by atoms with van der Waals surface area (Å²) in [6.07, 6.45) is 0. The van der Waals surface area contributed by atoms with Gasteiger partial charge in [-0.05, 0) is 39.1 Å². The molecule has 0 amide bonds. The minimum atomic E-state index is -1.76. The maximum atomic E-state index is 12.0. The van der Waals surface area contributed by atoms with E-state index in [4.69, 9.17) is 9.16 Å². The molecule has 1 aromatic carbocycles. The van der Waals surface area contributed by atoms with Crippen molar-refractivity contribution in [2.24, 2.45) is 0 Å². The van der Waals surface area contributed by atoms with E-state index in [2.05, 4.69) is 19.6 Å². The van der Waals surface area contributed by atoms with Gasteiger partial charge in [-0.15, -0.1) is 0 Å². The van der Waals surface area contributed by atoms with Crippen LogP contribution in [0.15, 0.2) is 30.3 Å². The number of carbonyl (C=O) groups is 1. The predicted molar refractivity (Wildman–Crippen MR) is 74.7 cm³/mol. The zero-order chi connectivity index (χ0) is 13.8. The second-order valence-electron chi connectivity index (χ2n) is 5.79. The Balaban J connectivity index is 2.55. The summed E-state index contributed by atoms with van der Waals surface area (Å²) in [7, 11) is -1.76. The third-order valence-corrected chi connectivity index (χ3v) is 3.39. The van der Waals surface area contributed by atoms with Crippen LogP contribution in [0.3, 0.4) is 0 Å². The van der Waals surface area contributed by atoms with Gasteiger partial charge in [-0.1, -0.05) is 30.3 Å². The highest BCUT2D eigenvalue weighted by atomic mass is 28.4. The van der Waals surface area contributed by atoms with Crippen molar-refractivity contribution in [3.8, 4) is 0 Å². The highest BCUT2D eigenvalue weighted by Crippen LogP contribution is 2.19. The standard InChI is InChI=1S/C14H22O3Si/c1-14(2,17-18(3,4)5)13(15)16-11-12-9-7-6-8-10-12/h6-10H,11H2,1-5H3. The van der Waals surface area contributed by atoms with Crippen LogP contribution in [0.5, 0.6) is 0 Å². The first kappa shape index (κ1) is 14.9. The summed E-state index contributed by atoms with van der Waals surface area (Å²) < 4.78 is 11.1. The first-order chi connectivity index (χ1) is 8.21. The van der Waals surface area contributed by atoms with Crippen molar-refractivity contribution in [2.45, 2.75) is 45.7 Å². The van der Waals surface area contributed by atoms with Crippen LogP contribution >= 0.6 is 0 Å². The third kappa shape index (κ3) is 5.02. The Morgan fingerprint density at radius 3 is 2.22 bits per heavy atom. The second-order valence-corrected chi connectivity index (χ2v) is 10.2. The fraction of sp³-hybridized carbons (Fsp3) is 0.500. The molecule has 0 spiro atoms. The molecule has 4 heteroatoms. The molecule has 0 heterocycles. The van der Waals surface area contributed by atoms with Crippen LogP contribution in [0.2, 0.25) is 19.6 Å². The molecule has 0 saturated heterocycles. The molecule has 0 fully saturated rings. The summed E-state index contributed by atoms with van der Waals surface area (Å²) in [6.45, 7) is 9.98. The monoisotopic (exact) mass is 266 g/mol. The molecule has 18 heavy (non-hydrogen) atoms. The van der Waals surface area contributed by atoms with E-state index in [1.807, 2.05) is 30.3 Å². The van der Waals surface area contributed by atoms with Crippen LogP contribution in [0, 0.1) is 0 Å². The summed E-state index contributed by atoms with van der Waals surface area (Å²) >= 11 is 0. The lowest BCUT2D eigenvalue weighted by Gasteiger charge is -2.30. The number of esters is 1. The van der Waals surface area contributed by atoms with Gasteiger partial charge in [0.2, 0.25) is 0 Å². The van der Waals surface area contributed by atoms with Crippen LogP contribution in [-0.2, 0) is 20.6 Å². The van der Waals surface area contributed by atoms with Crippen LogP contribution in [0.4, 0.5) is 0 Å². The first-order valence-electron chi connectivity index (χ1n) is 6.12. The quantitative estimate of drug-likeness (QED) is 0.605. The summed E-state index contributed by atoms with van der Waals surface area (Å²) in [5, 5.41) is 0. The molecular weight excluding hydrogens is 244 g/mol. The van der Waals surface area contributed by atoms with E-state index in [0.29, 0.717) is 0 Å². The molecule has 0 aliphatic heterocycles.